The number of carbonyl (C=O) groups is 4. The maximum absolute atomic E-state index is 12.2. The van der Waals surface area contributed by atoms with Crippen molar-refractivity contribution in [2.24, 2.45) is 5.92 Å². The van der Waals surface area contributed by atoms with E-state index < -0.39 is 35.8 Å². The Hall–Kier alpha value is -3.46. The van der Waals surface area contributed by atoms with Crippen LogP contribution in [-0.2, 0) is 25.5 Å². The van der Waals surface area contributed by atoms with Gasteiger partial charge in [0.25, 0.3) is 11.8 Å². The highest BCUT2D eigenvalue weighted by Crippen LogP contribution is 2.19. The van der Waals surface area contributed by atoms with E-state index in [1.165, 1.54) is 12.4 Å². The van der Waals surface area contributed by atoms with Crippen molar-refractivity contribution in [2.75, 3.05) is 7.11 Å². The van der Waals surface area contributed by atoms with Gasteiger partial charge in [-0.1, -0.05) is 18.2 Å². The molecule has 9 heteroatoms. The summed E-state index contributed by atoms with van der Waals surface area (Å²) in [6.07, 6.45) is 2.10. The van der Waals surface area contributed by atoms with Gasteiger partial charge >= 0.3 is 12.0 Å². The summed E-state index contributed by atoms with van der Waals surface area (Å²) in [6.45, 7) is 3.75. The number of hydrogen-bond acceptors (Lipinski definition) is 5. The number of fused-ring (bicyclic) bond motifs is 1. The van der Waals surface area contributed by atoms with Gasteiger partial charge in [-0.2, -0.15) is 0 Å². The third kappa shape index (κ3) is 3.72. The number of nitrogens with two attached hydrogens (primary N) is 1. The number of barbiturate groups is 1. The van der Waals surface area contributed by atoms with Crippen molar-refractivity contribution in [1.82, 2.24) is 15.6 Å². The molecule has 5 N–H and O–H groups in total. The van der Waals surface area contributed by atoms with Crippen LogP contribution < -0.4 is 16.0 Å². The van der Waals surface area contributed by atoms with Crippen LogP contribution in [0.25, 0.3) is 10.9 Å². The Bertz CT molecular complexity index is 928. The SMILES string of the molecule is C=C([NH2+][C@H](Cc1c[nH]c2ccccc12)C(=O)OC)C1C(=O)NC(=O)NC1=O. The first kappa shape index (κ1) is 18.3. The van der Waals surface area contributed by atoms with E-state index in [1.807, 2.05) is 34.9 Å². The van der Waals surface area contributed by atoms with E-state index in [0.29, 0.717) is 6.42 Å². The molecule has 1 fully saturated rings. The summed E-state index contributed by atoms with van der Waals surface area (Å²) in [6, 6.07) is 6.01. The number of aromatic amines is 1. The van der Waals surface area contributed by atoms with Crippen LogP contribution >= 0.6 is 0 Å². The summed E-state index contributed by atoms with van der Waals surface area (Å²) in [5.74, 6) is -3.35. The lowest BCUT2D eigenvalue weighted by atomic mass is 10.00. The molecule has 27 heavy (non-hydrogen) atoms. The summed E-state index contributed by atoms with van der Waals surface area (Å²) in [5.41, 5.74) is 1.94. The molecule has 4 amide bonds. The number of carbonyl (C=O) groups excluding carboxylic acids is 4. The Kier molecular flexibility index (Phi) is 5.04. The van der Waals surface area contributed by atoms with Crippen LogP contribution in [0.5, 0.6) is 0 Å². The van der Waals surface area contributed by atoms with E-state index >= 15 is 0 Å². The highest BCUT2D eigenvalue weighted by Gasteiger charge is 2.40. The van der Waals surface area contributed by atoms with Gasteiger partial charge in [0, 0.05) is 23.5 Å². The number of rotatable bonds is 6. The Labute approximate surface area is 154 Å². The molecule has 1 aliphatic heterocycles. The fourth-order valence-electron chi connectivity index (χ4n) is 3.11. The van der Waals surface area contributed by atoms with Crippen molar-refractivity contribution < 1.29 is 29.2 Å². The third-order valence-corrected chi connectivity index (χ3v) is 4.40. The average molecular weight is 371 g/mol. The van der Waals surface area contributed by atoms with Crippen molar-refractivity contribution >= 4 is 34.7 Å². The number of H-pyrrole nitrogens is 1. The molecule has 1 aliphatic rings. The number of para-hydroxylation sites is 1. The molecule has 9 nitrogen and oxygen atoms in total. The topological polar surface area (TPSA) is 134 Å². The Morgan fingerprint density at radius 3 is 2.56 bits per heavy atom. The molecule has 2 heterocycles. The van der Waals surface area contributed by atoms with Gasteiger partial charge in [0.2, 0.25) is 0 Å². The lowest BCUT2D eigenvalue weighted by Crippen LogP contribution is -2.92. The van der Waals surface area contributed by atoms with Gasteiger partial charge in [0.15, 0.2) is 12.0 Å². The Balaban J connectivity index is 1.80. The van der Waals surface area contributed by atoms with Crippen LogP contribution in [-0.4, -0.2) is 42.0 Å². The Morgan fingerprint density at radius 2 is 1.89 bits per heavy atom. The zero-order valence-corrected chi connectivity index (χ0v) is 14.6. The molecule has 1 aromatic heterocycles. The van der Waals surface area contributed by atoms with E-state index in [9.17, 15) is 19.2 Å². The number of quaternary nitrogens is 1. The summed E-state index contributed by atoms with van der Waals surface area (Å²) >= 11 is 0. The Morgan fingerprint density at radius 1 is 1.22 bits per heavy atom. The van der Waals surface area contributed by atoms with Crippen LogP contribution in [0.2, 0.25) is 0 Å². The smallest absolute Gasteiger partial charge is 0.365 e. The van der Waals surface area contributed by atoms with Crippen LogP contribution in [0.4, 0.5) is 4.79 Å². The maximum Gasteiger partial charge on any atom is 0.365 e. The summed E-state index contributed by atoms with van der Waals surface area (Å²) in [4.78, 5) is 50.5. The van der Waals surface area contributed by atoms with Crippen molar-refractivity contribution in [1.29, 1.82) is 0 Å². The standard InChI is InChI=1S/C18H18N4O5/c1-9(14-15(23)21-18(26)22-16(14)24)20-13(17(25)27-2)7-10-8-19-12-6-4-3-5-11(10)12/h3-6,8,13-14,19-20H,1,7H2,2H3,(H2,21,22,23,24,26)/p+1/t13-/m1/s1. The predicted molar refractivity (Wildman–Crippen MR) is 94.0 cm³/mol. The highest BCUT2D eigenvalue weighted by atomic mass is 16.5. The quantitative estimate of drug-likeness (QED) is 0.394. The molecule has 0 aliphatic carbocycles. The number of imide groups is 2. The normalized spacial score (nSPS) is 16.0. The van der Waals surface area contributed by atoms with Crippen molar-refractivity contribution in [2.45, 2.75) is 12.5 Å². The summed E-state index contributed by atoms with van der Waals surface area (Å²) in [7, 11) is 1.26. The maximum atomic E-state index is 12.2. The van der Waals surface area contributed by atoms with Crippen LogP contribution in [0.1, 0.15) is 5.56 Å². The number of esters is 1. The molecule has 1 aromatic carbocycles. The van der Waals surface area contributed by atoms with E-state index in [1.54, 1.807) is 6.20 Å². The molecular weight excluding hydrogens is 352 g/mol. The zero-order valence-electron chi connectivity index (χ0n) is 14.6. The minimum absolute atomic E-state index is 0.118. The molecule has 1 saturated heterocycles. The van der Waals surface area contributed by atoms with E-state index in [-0.39, 0.29) is 5.70 Å². The van der Waals surface area contributed by atoms with Gasteiger partial charge in [-0.15, -0.1) is 0 Å². The first-order chi connectivity index (χ1) is 12.9. The molecule has 140 valence electrons. The second kappa shape index (κ2) is 7.42. The second-order valence-electron chi connectivity index (χ2n) is 6.18. The number of methoxy groups -OCH3 is 1. The summed E-state index contributed by atoms with van der Waals surface area (Å²) in [5, 5.41) is 6.43. The predicted octanol–water partition coefficient (Wildman–Crippen LogP) is -0.689. The highest BCUT2D eigenvalue weighted by molar-refractivity contribution is 6.17. The molecule has 0 bridgehead atoms. The van der Waals surface area contributed by atoms with Crippen LogP contribution in [0.3, 0.4) is 0 Å². The van der Waals surface area contributed by atoms with E-state index in [4.69, 9.17) is 4.74 Å². The summed E-state index contributed by atoms with van der Waals surface area (Å²) < 4.78 is 4.86. The van der Waals surface area contributed by atoms with E-state index in [0.717, 1.165) is 16.5 Å². The second-order valence-corrected chi connectivity index (χ2v) is 6.18. The number of ether oxygens (including phenoxy) is 1. The first-order valence-corrected chi connectivity index (χ1v) is 8.23. The number of amides is 4. The zero-order chi connectivity index (χ0) is 19.6. The monoisotopic (exact) mass is 371 g/mol. The van der Waals surface area contributed by atoms with Gasteiger partial charge in [-0.3, -0.25) is 20.2 Å². The number of aromatic nitrogens is 1. The van der Waals surface area contributed by atoms with Gasteiger partial charge in [-0.05, 0) is 18.2 Å². The molecule has 2 aromatic rings. The molecule has 0 unspecified atom stereocenters. The molecule has 0 radical (unpaired) electrons. The largest absolute Gasteiger partial charge is 0.465 e. The number of benzene rings is 1. The van der Waals surface area contributed by atoms with Gasteiger partial charge < -0.3 is 15.0 Å². The molecule has 1 atom stereocenters. The number of urea groups is 1. The molecule has 0 spiro atoms. The molecule has 3 rings (SSSR count). The van der Waals surface area contributed by atoms with E-state index in [2.05, 4.69) is 11.6 Å². The molecule has 0 saturated carbocycles. The molecular formula is C18H19N4O5+. The first-order valence-electron chi connectivity index (χ1n) is 8.23. The fraction of sp³-hybridized carbons (Fsp3) is 0.222. The number of hydrogen-bond donors (Lipinski definition) is 4. The van der Waals surface area contributed by atoms with Crippen molar-refractivity contribution in [3.05, 3.63) is 48.3 Å². The van der Waals surface area contributed by atoms with Crippen LogP contribution in [0.15, 0.2) is 42.7 Å². The minimum atomic E-state index is -1.28. The van der Waals surface area contributed by atoms with Gasteiger partial charge in [0.1, 0.15) is 5.70 Å². The van der Waals surface area contributed by atoms with Gasteiger partial charge in [0.05, 0.1) is 7.11 Å². The lowest BCUT2D eigenvalue weighted by molar-refractivity contribution is -0.634. The fourth-order valence-corrected chi connectivity index (χ4v) is 3.11. The van der Waals surface area contributed by atoms with Crippen molar-refractivity contribution in [3.63, 3.8) is 0 Å². The number of nitrogens with one attached hydrogen (secondary N) is 3. The average Bonchev–Trinajstić information content (AvgIpc) is 3.02. The third-order valence-electron chi connectivity index (χ3n) is 4.40. The van der Waals surface area contributed by atoms with Gasteiger partial charge in [-0.25, -0.2) is 9.59 Å². The minimum Gasteiger partial charge on any atom is -0.465 e. The van der Waals surface area contributed by atoms with Crippen molar-refractivity contribution in [3.8, 4) is 0 Å². The van der Waals surface area contributed by atoms with Crippen LogP contribution in [0, 0.1) is 5.92 Å². The lowest BCUT2D eigenvalue weighted by Gasteiger charge is -2.22.